The summed E-state index contributed by atoms with van der Waals surface area (Å²) in [6.45, 7) is 0. The largest absolute Gasteiger partial charge is 0.319 e. The Kier molecular flexibility index (Phi) is 3.76. The van der Waals surface area contributed by atoms with Gasteiger partial charge in [0.05, 0.1) is 11.4 Å². The van der Waals surface area contributed by atoms with Gasteiger partial charge < -0.3 is 5.32 Å². The van der Waals surface area contributed by atoms with Crippen LogP contribution in [0.3, 0.4) is 0 Å². The molecule has 6 nitrogen and oxygen atoms in total. The summed E-state index contributed by atoms with van der Waals surface area (Å²) < 4.78 is 15.9. The van der Waals surface area contributed by atoms with Gasteiger partial charge in [0.2, 0.25) is 0 Å². The fraction of sp³-hybridized carbons (Fsp3) is 0. The third-order valence-corrected chi connectivity index (χ3v) is 4.47. The molecule has 2 heterocycles. The second kappa shape index (κ2) is 5.70. The third kappa shape index (κ3) is 2.83. The number of nitrogens with zero attached hydrogens (tertiary/aromatic N) is 4. The van der Waals surface area contributed by atoms with E-state index < -0.39 is 5.82 Å². The number of rotatable bonds is 3. The highest BCUT2D eigenvalue weighted by atomic mass is 79.9. The minimum absolute atomic E-state index is 0.0632. The summed E-state index contributed by atoms with van der Waals surface area (Å²) >= 11 is 4.54. The predicted octanol–water partition coefficient (Wildman–Crippen LogP) is 2.88. The number of hydrogen-bond acceptors (Lipinski definition) is 5. The number of halogens is 2. The molecular weight excluding hydrogens is 361 g/mol. The van der Waals surface area contributed by atoms with Crippen LogP contribution in [0.15, 0.2) is 40.4 Å². The molecule has 21 heavy (non-hydrogen) atoms. The summed E-state index contributed by atoms with van der Waals surface area (Å²) in [7, 11) is 0. The molecule has 0 aliphatic carbocycles. The van der Waals surface area contributed by atoms with E-state index in [-0.39, 0.29) is 11.6 Å². The molecule has 0 atom stereocenters. The van der Waals surface area contributed by atoms with Gasteiger partial charge in [-0.1, -0.05) is 0 Å². The van der Waals surface area contributed by atoms with Gasteiger partial charge in [-0.25, -0.2) is 9.07 Å². The highest BCUT2D eigenvalue weighted by Gasteiger charge is 2.14. The van der Waals surface area contributed by atoms with Gasteiger partial charge in [0.1, 0.15) is 17.0 Å². The van der Waals surface area contributed by atoms with Crippen LogP contribution in [0.5, 0.6) is 0 Å². The van der Waals surface area contributed by atoms with E-state index in [9.17, 15) is 9.18 Å². The van der Waals surface area contributed by atoms with Gasteiger partial charge in [-0.15, -0.1) is 16.4 Å². The maximum atomic E-state index is 13.8. The van der Waals surface area contributed by atoms with Crippen molar-refractivity contribution < 1.29 is 9.18 Å². The van der Waals surface area contributed by atoms with E-state index in [1.165, 1.54) is 40.5 Å². The van der Waals surface area contributed by atoms with Crippen molar-refractivity contribution in [2.24, 2.45) is 0 Å². The van der Waals surface area contributed by atoms with Crippen LogP contribution in [0.25, 0.3) is 5.69 Å². The second-order valence-corrected chi connectivity index (χ2v) is 5.74. The summed E-state index contributed by atoms with van der Waals surface area (Å²) in [5.41, 5.74) is 0.607. The minimum Gasteiger partial charge on any atom is -0.319 e. The van der Waals surface area contributed by atoms with Crippen molar-refractivity contribution in [3.05, 3.63) is 51.1 Å². The predicted molar refractivity (Wildman–Crippen MR) is 79.1 cm³/mol. The molecule has 0 fully saturated rings. The zero-order chi connectivity index (χ0) is 14.8. The Hall–Kier alpha value is -2.13. The standard InChI is InChI=1S/C12H7BrFN5OS/c13-8-3-4-21-11(8)12(20)16-10-5-7(1-2-9(10)14)19-6-15-17-18-19/h1-6H,(H,16,20). The van der Waals surface area contributed by atoms with Crippen LogP contribution in [0, 0.1) is 5.82 Å². The van der Waals surface area contributed by atoms with Gasteiger partial charge >= 0.3 is 0 Å². The fourth-order valence-corrected chi connectivity index (χ4v) is 3.11. The number of carbonyl (C=O) groups is 1. The lowest BCUT2D eigenvalue weighted by molar-refractivity contribution is 0.102. The van der Waals surface area contributed by atoms with E-state index in [2.05, 4.69) is 36.8 Å². The van der Waals surface area contributed by atoms with E-state index in [4.69, 9.17) is 0 Å². The van der Waals surface area contributed by atoms with Crippen molar-refractivity contribution in [1.29, 1.82) is 0 Å². The molecule has 0 unspecified atom stereocenters. The van der Waals surface area contributed by atoms with Crippen LogP contribution in [0.2, 0.25) is 0 Å². The molecule has 3 aromatic rings. The molecule has 1 aromatic carbocycles. The van der Waals surface area contributed by atoms with Crippen molar-refractivity contribution in [1.82, 2.24) is 20.2 Å². The number of anilines is 1. The van der Waals surface area contributed by atoms with Crippen LogP contribution >= 0.6 is 27.3 Å². The zero-order valence-electron chi connectivity index (χ0n) is 10.3. The van der Waals surface area contributed by atoms with Crippen molar-refractivity contribution in [3.63, 3.8) is 0 Å². The maximum Gasteiger partial charge on any atom is 0.266 e. The molecule has 3 rings (SSSR count). The Morgan fingerprint density at radius 1 is 1.38 bits per heavy atom. The Morgan fingerprint density at radius 2 is 2.24 bits per heavy atom. The number of benzene rings is 1. The van der Waals surface area contributed by atoms with Crippen molar-refractivity contribution in [3.8, 4) is 5.69 Å². The molecule has 0 saturated heterocycles. The van der Waals surface area contributed by atoms with Gasteiger partial charge in [0.15, 0.2) is 0 Å². The van der Waals surface area contributed by atoms with Gasteiger partial charge in [-0.3, -0.25) is 4.79 Å². The monoisotopic (exact) mass is 367 g/mol. The molecule has 0 radical (unpaired) electrons. The lowest BCUT2D eigenvalue weighted by atomic mass is 10.2. The quantitative estimate of drug-likeness (QED) is 0.772. The van der Waals surface area contributed by atoms with Crippen molar-refractivity contribution in [2.75, 3.05) is 5.32 Å². The number of carbonyl (C=O) groups excluding carboxylic acids is 1. The number of thiophene rings is 1. The first kappa shape index (κ1) is 13.8. The molecule has 106 valence electrons. The van der Waals surface area contributed by atoms with Crippen molar-refractivity contribution >= 4 is 38.9 Å². The minimum atomic E-state index is -0.534. The van der Waals surface area contributed by atoms with E-state index in [1.54, 1.807) is 11.4 Å². The first-order chi connectivity index (χ1) is 10.1. The molecule has 9 heteroatoms. The van der Waals surface area contributed by atoms with Crippen LogP contribution in [0.4, 0.5) is 10.1 Å². The number of amides is 1. The first-order valence-electron chi connectivity index (χ1n) is 5.72. The number of tetrazole rings is 1. The number of hydrogen-bond donors (Lipinski definition) is 1. The van der Waals surface area contributed by atoms with E-state index in [0.717, 1.165) is 0 Å². The molecule has 0 bridgehead atoms. The van der Waals surface area contributed by atoms with Crippen LogP contribution in [-0.4, -0.2) is 26.1 Å². The first-order valence-corrected chi connectivity index (χ1v) is 7.39. The molecule has 0 aliphatic rings. The molecule has 2 aromatic heterocycles. The van der Waals surface area contributed by atoms with Crippen LogP contribution in [-0.2, 0) is 0 Å². The van der Waals surface area contributed by atoms with E-state index in [1.807, 2.05) is 0 Å². The number of aromatic nitrogens is 4. The zero-order valence-corrected chi connectivity index (χ0v) is 12.7. The maximum absolute atomic E-state index is 13.8. The molecule has 1 N–H and O–H groups in total. The lowest BCUT2D eigenvalue weighted by Crippen LogP contribution is -2.12. The highest BCUT2D eigenvalue weighted by molar-refractivity contribution is 9.10. The fourth-order valence-electron chi connectivity index (χ4n) is 1.67. The summed E-state index contributed by atoms with van der Waals surface area (Å²) in [5, 5.41) is 15.0. The van der Waals surface area contributed by atoms with Gasteiger partial charge in [0, 0.05) is 4.47 Å². The van der Waals surface area contributed by atoms with E-state index >= 15 is 0 Å². The Labute approximate surface area is 130 Å². The molecule has 0 aliphatic heterocycles. The Morgan fingerprint density at radius 3 is 2.90 bits per heavy atom. The molecule has 1 amide bonds. The average molecular weight is 368 g/mol. The lowest BCUT2D eigenvalue weighted by Gasteiger charge is -2.08. The van der Waals surface area contributed by atoms with Crippen molar-refractivity contribution in [2.45, 2.75) is 0 Å². The van der Waals surface area contributed by atoms with Gasteiger partial charge in [-0.05, 0) is 56.0 Å². The van der Waals surface area contributed by atoms with E-state index in [0.29, 0.717) is 15.0 Å². The summed E-state index contributed by atoms with van der Waals surface area (Å²) in [6, 6.07) is 5.98. The summed E-state index contributed by atoms with van der Waals surface area (Å²) in [5.74, 6) is -0.919. The topological polar surface area (TPSA) is 72.7 Å². The molecular formula is C12H7BrFN5OS. The number of nitrogens with one attached hydrogen (secondary N) is 1. The SMILES string of the molecule is O=C(Nc1cc(-n2cnnn2)ccc1F)c1sccc1Br. The summed E-state index contributed by atoms with van der Waals surface area (Å²) in [6.07, 6.45) is 1.38. The molecule has 0 saturated carbocycles. The third-order valence-electron chi connectivity index (χ3n) is 2.64. The second-order valence-electron chi connectivity index (χ2n) is 3.97. The van der Waals surface area contributed by atoms with Crippen LogP contribution in [0.1, 0.15) is 9.67 Å². The Balaban J connectivity index is 1.90. The average Bonchev–Trinajstić information content (AvgIpc) is 3.12. The Bertz CT molecular complexity index is 789. The highest BCUT2D eigenvalue weighted by Crippen LogP contribution is 2.25. The summed E-state index contributed by atoms with van der Waals surface area (Å²) in [4.78, 5) is 12.6. The molecule has 0 spiro atoms. The van der Waals surface area contributed by atoms with Gasteiger partial charge in [-0.2, -0.15) is 0 Å². The van der Waals surface area contributed by atoms with Gasteiger partial charge in [0.25, 0.3) is 5.91 Å². The smallest absolute Gasteiger partial charge is 0.266 e. The normalized spacial score (nSPS) is 10.6. The van der Waals surface area contributed by atoms with Crippen LogP contribution < -0.4 is 5.32 Å².